The molecule has 0 spiro atoms. The summed E-state index contributed by atoms with van der Waals surface area (Å²) in [4.78, 5) is 6.90. The summed E-state index contributed by atoms with van der Waals surface area (Å²) in [6, 6.07) is 4.57. The molecule has 2 unspecified atom stereocenters. The van der Waals surface area contributed by atoms with Crippen molar-refractivity contribution >= 4 is 11.5 Å². The first-order chi connectivity index (χ1) is 7.86. The monoisotopic (exact) mass is 217 g/mol. The van der Waals surface area contributed by atoms with Crippen molar-refractivity contribution in [2.75, 3.05) is 17.2 Å². The minimum Gasteiger partial charge on any atom is -0.396 e. The molecule has 0 amide bonds. The second-order valence-corrected chi connectivity index (χ2v) is 5.01. The third-order valence-electron chi connectivity index (χ3n) is 4.10. The summed E-state index contributed by atoms with van der Waals surface area (Å²) in [6.45, 7) is 1.14. The van der Waals surface area contributed by atoms with Crippen LogP contribution in [0.3, 0.4) is 0 Å². The maximum Gasteiger partial charge on any atom is 0.152 e. The highest BCUT2D eigenvalue weighted by Gasteiger charge is 2.36. The summed E-state index contributed by atoms with van der Waals surface area (Å²) in [5.74, 6) is 1.90. The number of nitrogen functional groups attached to an aromatic ring is 1. The number of pyridine rings is 1. The van der Waals surface area contributed by atoms with Crippen molar-refractivity contribution in [3.05, 3.63) is 18.3 Å². The van der Waals surface area contributed by atoms with Gasteiger partial charge >= 0.3 is 0 Å². The van der Waals surface area contributed by atoms with Gasteiger partial charge in [-0.1, -0.05) is 12.8 Å². The van der Waals surface area contributed by atoms with E-state index in [4.69, 9.17) is 5.73 Å². The van der Waals surface area contributed by atoms with E-state index in [0.29, 0.717) is 6.04 Å². The average Bonchev–Trinajstić information content (AvgIpc) is 2.74. The van der Waals surface area contributed by atoms with Gasteiger partial charge in [0.25, 0.3) is 0 Å². The minimum atomic E-state index is 0.700. The first kappa shape index (κ1) is 9.94. The molecule has 1 aliphatic carbocycles. The van der Waals surface area contributed by atoms with Gasteiger partial charge in [-0.05, 0) is 37.3 Å². The van der Waals surface area contributed by atoms with Gasteiger partial charge in [-0.15, -0.1) is 0 Å². The Hall–Kier alpha value is -1.25. The Bertz CT molecular complexity index is 377. The normalized spacial score (nSPS) is 29.1. The molecule has 1 aromatic rings. The quantitative estimate of drug-likeness (QED) is 0.785. The van der Waals surface area contributed by atoms with E-state index in [1.54, 1.807) is 0 Å². The van der Waals surface area contributed by atoms with E-state index in [-0.39, 0.29) is 0 Å². The lowest BCUT2D eigenvalue weighted by molar-refractivity contribution is 0.341. The number of aromatic nitrogens is 1. The standard InChI is InChI=1S/C13H19N3/c14-11-5-3-8-15-13(11)16-9-7-10-4-1-2-6-12(10)16/h3,5,8,10,12H,1-2,4,6-7,9,14H2. The molecule has 2 fully saturated rings. The summed E-state index contributed by atoms with van der Waals surface area (Å²) in [7, 11) is 0. The van der Waals surface area contributed by atoms with Crippen molar-refractivity contribution in [1.29, 1.82) is 0 Å². The van der Waals surface area contributed by atoms with Crippen LogP contribution >= 0.6 is 0 Å². The highest BCUT2D eigenvalue weighted by Crippen LogP contribution is 2.39. The molecule has 86 valence electrons. The molecule has 2 N–H and O–H groups in total. The van der Waals surface area contributed by atoms with Gasteiger partial charge < -0.3 is 10.6 Å². The number of hydrogen-bond acceptors (Lipinski definition) is 3. The van der Waals surface area contributed by atoms with Crippen molar-refractivity contribution in [2.45, 2.75) is 38.1 Å². The van der Waals surface area contributed by atoms with Crippen LogP contribution in [-0.2, 0) is 0 Å². The first-order valence-electron chi connectivity index (χ1n) is 6.33. The van der Waals surface area contributed by atoms with Gasteiger partial charge in [0, 0.05) is 18.8 Å². The Kier molecular flexibility index (Phi) is 2.46. The second kappa shape index (κ2) is 3.96. The van der Waals surface area contributed by atoms with E-state index in [2.05, 4.69) is 9.88 Å². The first-order valence-corrected chi connectivity index (χ1v) is 6.33. The number of fused-ring (bicyclic) bond motifs is 1. The lowest BCUT2D eigenvalue weighted by Crippen LogP contribution is -2.35. The van der Waals surface area contributed by atoms with Crippen LogP contribution < -0.4 is 10.6 Å². The summed E-state index contributed by atoms with van der Waals surface area (Å²) in [5.41, 5.74) is 6.85. The van der Waals surface area contributed by atoms with Crippen LogP contribution in [0.25, 0.3) is 0 Å². The molecule has 3 heteroatoms. The van der Waals surface area contributed by atoms with Crippen molar-refractivity contribution in [3.8, 4) is 0 Å². The van der Waals surface area contributed by atoms with Crippen LogP contribution in [0.1, 0.15) is 32.1 Å². The van der Waals surface area contributed by atoms with Crippen LogP contribution in [0.5, 0.6) is 0 Å². The number of rotatable bonds is 1. The molecule has 1 saturated carbocycles. The van der Waals surface area contributed by atoms with Gasteiger partial charge in [-0.3, -0.25) is 0 Å². The molecule has 1 saturated heterocycles. The van der Waals surface area contributed by atoms with Gasteiger partial charge in [-0.2, -0.15) is 0 Å². The van der Waals surface area contributed by atoms with Crippen LogP contribution in [0.2, 0.25) is 0 Å². The maximum absolute atomic E-state index is 6.02. The smallest absolute Gasteiger partial charge is 0.152 e. The van der Waals surface area contributed by atoms with Gasteiger partial charge in [-0.25, -0.2) is 4.98 Å². The molecule has 0 radical (unpaired) electrons. The Morgan fingerprint density at radius 1 is 1.25 bits per heavy atom. The Morgan fingerprint density at radius 2 is 2.12 bits per heavy atom. The molecule has 1 aromatic heterocycles. The van der Waals surface area contributed by atoms with Crippen LogP contribution in [-0.4, -0.2) is 17.6 Å². The minimum absolute atomic E-state index is 0.700. The number of hydrogen-bond donors (Lipinski definition) is 1. The molecule has 3 nitrogen and oxygen atoms in total. The summed E-state index contributed by atoms with van der Waals surface area (Å²) in [6.07, 6.45) is 8.66. The lowest BCUT2D eigenvalue weighted by atomic mass is 9.85. The number of nitrogens with zero attached hydrogens (tertiary/aromatic N) is 2. The fourth-order valence-corrected chi connectivity index (χ4v) is 3.32. The zero-order valence-electron chi connectivity index (χ0n) is 9.60. The highest BCUT2D eigenvalue weighted by atomic mass is 15.2. The maximum atomic E-state index is 6.02. The van der Waals surface area contributed by atoms with Crippen molar-refractivity contribution < 1.29 is 0 Å². The van der Waals surface area contributed by atoms with E-state index in [9.17, 15) is 0 Å². The van der Waals surface area contributed by atoms with E-state index < -0.39 is 0 Å². The Labute approximate surface area is 96.7 Å². The highest BCUT2D eigenvalue weighted by molar-refractivity contribution is 5.63. The van der Waals surface area contributed by atoms with Crippen molar-refractivity contribution in [3.63, 3.8) is 0 Å². The molecule has 2 atom stereocenters. The topological polar surface area (TPSA) is 42.1 Å². The van der Waals surface area contributed by atoms with Gasteiger partial charge in [0.1, 0.15) is 0 Å². The van der Waals surface area contributed by atoms with Crippen molar-refractivity contribution in [1.82, 2.24) is 4.98 Å². The molecule has 0 aromatic carbocycles. The SMILES string of the molecule is Nc1cccnc1N1CCC2CCCCC21. The van der Waals surface area contributed by atoms with Gasteiger partial charge in [0.05, 0.1) is 5.69 Å². The number of nitrogens with two attached hydrogens (primary N) is 1. The number of anilines is 2. The van der Waals surface area contributed by atoms with Gasteiger partial charge in [0.15, 0.2) is 5.82 Å². The Morgan fingerprint density at radius 3 is 3.00 bits per heavy atom. The fraction of sp³-hybridized carbons (Fsp3) is 0.615. The molecule has 16 heavy (non-hydrogen) atoms. The van der Waals surface area contributed by atoms with E-state index in [1.165, 1.54) is 32.1 Å². The Balaban J connectivity index is 1.88. The molecule has 0 bridgehead atoms. The zero-order valence-corrected chi connectivity index (χ0v) is 9.60. The van der Waals surface area contributed by atoms with E-state index >= 15 is 0 Å². The molecular weight excluding hydrogens is 198 g/mol. The third kappa shape index (κ3) is 1.55. The molecule has 2 heterocycles. The van der Waals surface area contributed by atoms with Gasteiger partial charge in [0.2, 0.25) is 0 Å². The third-order valence-corrected chi connectivity index (χ3v) is 4.10. The van der Waals surface area contributed by atoms with Crippen LogP contribution in [0, 0.1) is 5.92 Å². The molecule has 1 aliphatic heterocycles. The fourth-order valence-electron chi connectivity index (χ4n) is 3.32. The largest absolute Gasteiger partial charge is 0.396 e. The average molecular weight is 217 g/mol. The van der Waals surface area contributed by atoms with Crippen molar-refractivity contribution in [2.24, 2.45) is 5.92 Å². The summed E-state index contributed by atoms with van der Waals surface area (Å²) < 4.78 is 0. The predicted molar refractivity (Wildman–Crippen MR) is 66.4 cm³/mol. The summed E-state index contributed by atoms with van der Waals surface area (Å²) in [5, 5.41) is 0. The van der Waals surface area contributed by atoms with E-state index in [0.717, 1.165) is 24.0 Å². The van der Waals surface area contributed by atoms with Crippen LogP contribution in [0.15, 0.2) is 18.3 Å². The lowest BCUT2D eigenvalue weighted by Gasteiger charge is -2.32. The zero-order chi connectivity index (χ0) is 11.0. The predicted octanol–water partition coefficient (Wildman–Crippen LogP) is 2.43. The summed E-state index contributed by atoms with van der Waals surface area (Å²) >= 11 is 0. The molecule has 2 aliphatic rings. The van der Waals surface area contributed by atoms with E-state index in [1.807, 2.05) is 18.3 Å². The van der Waals surface area contributed by atoms with Crippen LogP contribution in [0.4, 0.5) is 11.5 Å². The molecule has 3 rings (SSSR count). The molecular formula is C13H19N3. The second-order valence-electron chi connectivity index (χ2n) is 5.01.